The third-order valence-corrected chi connectivity index (χ3v) is 6.17. The van der Waals surface area contributed by atoms with Crippen molar-refractivity contribution in [3.8, 4) is 5.75 Å². The molecule has 3 fully saturated rings. The smallest absolute Gasteiger partial charge is 0.223 e. The number of carbonyl (C=O) groups excluding carboxylic acids is 1. The molecule has 5 nitrogen and oxygen atoms in total. The van der Waals surface area contributed by atoms with Gasteiger partial charge < -0.3 is 14.8 Å². The highest BCUT2D eigenvalue weighted by molar-refractivity contribution is 5.79. The van der Waals surface area contributed by atoms with Crippen LogP contribution in [0.3, 0.4) is 0 Å². The van der Waals surface area contributed by atoms with Crippen molar-refractivity contribution in [1.29, 1.82) is 0 Å². The van der Waals surface area contributed by atoms with Crippen LogP contribution in [-0.2, 0) is 16.1 Å². The van der Waals surface area contributed by atoms with Gasteiger partial charge in [0.25, 0.3) is 0 Å². The fraction of sp³-hybridized carbons (Fsp3) is 0.667. The molecule has 5 heteroatoms. The van der Waals surface area contributed by atoms with Crippen molar-refractivity contribution >= 4 is 5.91 Å². The number of likely N-dealkylation sites (tertiary alicyclic amines) is 1. The molecule has 0 unspecified atom stereocenters. The lowest BCUT2D eigenvalue weighted by Gasteiger charge is -2.25. The van der Waals surface area contributed by atoms with Crippen LogP contribution < -0.4 is 10.1 Å². The van der Waals surface area contributed by atoms with E-state index in [1.54, 1.807) is 7.11 Å². The van der Waals surface area contributed by atoms with E-state index in [4.69, 9.17) is 9.47 Å². The number of amides is 1. The lowest BCUT2D eigenvalue weighted by atomic mass is 9.95. The van der Waals surface area contributed by atoms with Gasteiger partial charge in [0.2, 0.25) is 5.91 Å². The summed E-state index contributed by atoms with van der Waals surface area (Å²) in [5, 5.41) is 3.40. The summed E-state index contributed by atoms with van der Waals surface area (Å²) >= 11 is 0. The molecular weight excluding hydrogens is 328 g/mol. The average molecular weight is 358 g/mol. The summed E-state index contributed by atoms with van der Waals surface area (Å²) in [6.45, 7) is 4.33. The Kier molecular flexibility index (Phi) is 5.46. The van der Waals surface area contributed by atoms with Crippen LogP contribution in [0.5, 0.6) is 5.75 Å². The van der Waals surface area contributed by atoms with E-state index < -0.39 is 0 Å². The predicted molar refractivity (Wildman–Crippen MR) is 100.0 cm³/mol. The molecule has 2 aliphatic heterocycles. The lowest BCUT2D eigenvalue weighted by Crippen LogP contribution is -2.45. The van der Waals surface area contributed by atoms with E-state index in [1.165, 1.54) is 18.4 Å². The number of methoxy groups -OCH3 is 1. The van der Waals surface area contributed by atoms with E-state index in [2.05, 4.69) is 22.3 Å². The zero-order chi connectivity index (χ0) is 17.9. The second kappa shape index (κ2) is 7.97. The molecule has 26 heavy (non-hydrogen) atoms. The van der Waals surface area contributed by atoms with Gasteiger partial charge in [-0.15, -0.1) is 0 Å². The first-order valence-corrected chi connectivity index (χ1v) is 9.97. The Hall–Kier alpha value is -1.59. The number of hydrogen-bond donors (Lipinski definition) is 1. The van der Waals surface area contributed by atoms with Gasteiger partial charge in [-0.3, -0.25) is 9.69 Å². The highest BCUT2D eigenvalue weighted by atomic mass is 16.5. The molecule has 1 aliphatic carbocycles. The SMILES string of the molecule is COc1ccccc1CN1C[C@H](NC(=O)C2CCOCC2)[C@@H](C2CC2)C1. The topological polar surface area (TPSA) is 50.8 Å². The fourth-order valence-corrected chi connectivity index (χ4v) is 4.53. The summed E-state index contributed by atoms with van der Waals surface area (Å²) in [4.78, 5) is 15.2. The van der Waals surface area contributed by atoms with Gasteiger partial charge in [0, 0.05) is 50.4 Å². The van der Waals surface area contributed by atoms with Crippen molar-refractivity contribution in [2.75, 3.05) is 33.4 Å². The molecule has 2 heterocycles. The standard InChI is InChI=1S/C21H30N2O3/c1-25-20-5-3-2-4-17(20)12-23-13-18(15-6-7-15)19(14-23)22-21(24)16-8-10-26-11-9-16/h2-5,15-16,18-19H,6-14H2,1H3,(H,22,24)/t18-,19+/m1/s1. The summed E-state index contributed by atoms with van der Waals surface area (Å²) in [6.07, 6.45) is 4.35. The van der Waals surface area contributed by atoms with Crippen molar-refractivity contribution in [2.24, 2.45) is 17.8 Å². The third kappa shape index (κ3) is 4.04. The summed E-state index contributed by atoms with van der Waals surface area (Å²) in [7, 11) is 1.73. The normalized spacial score (nSPS) is 27.4. The summed E-state index contributed by atoms with van der Waals surface area (Å²) in [5.74, 6) is 2.70. The molecule has 1 amide bonds. The molecule has 0 spiro atoms. The van der Waals surface area contributed by atoms with E-state index in [9.17, 15) is 4.79 Å². The minimum Gasteiger partial charge on any atom is -0.496 e. The van der Waals surface area contributed by atoms with Gasteiger partial charge in [-0.1, -0.05) is 18.2 Å². The van der Waals surface area contributed by atoms with Gasteiger partial charge in [0.15, 0.2) is 0 Å². The van der Waals surface area contributed by atoms with Crippen molar-refractivity contribution in [3.63, 3.8) is 0 Å². The maximum absolute atomic E-state index is 12.7. The Labute approximate surface area is 156 Å². The molecule has 0 aromatic heterocycles. The quantitative estimate of drug-likeness (QED) is 0.849. The van der Waals surface area contributed by atoms with E-state index in [-0.39, 0.29) is 17.9 Å². The van der Waals surface area contributed by atoms with E-state index >= 15 is 0 Å². The monoisotopic (exact) mass is 358 g/mol. The first-order chi connectivity index (χ1) is 12.7. The van der Waals surface area contributed by atoms with Crippen LogP contribution in [-0.4, -0.2) is 50.3 Å². The van der Waals surface area contributed by atoms with Gasteiger partial charge in [-0.25, -0.2) is 0 Å². The summed E-state index contributed by atoms with van der Waals surface area (Å²) in [6, 6.07) is 8.52. The number of rotatable bonds is 6. The molecule has 4 rings (SSSR count). The van der Waals surface area contributed by atoms with E-state index in [0.717, 1.165) is 44.1 Å². The lowest BCUT2D eigenvalue weighted by molar-refractivity contribution is -0.128. The van der Waals surface area contributed by atoms with Crippen LogP contribution in [0.1, 0.15) is 31.2 Å². The Morgan fingerprint density at radius 2 is 1.96 bits per heavy atom. The molecule has 2 atom stereocenters. The molecule has 1 aromatic rings. The van der Waals surface area contributed by atoms with Gasteiger partial charge >= 0.3 is 0 Å². The number of ether oxygens (including phenoxy) is 2. The number of nitrogens with one attached hydrogen (secondary N) is 1. The Morgan fingerprint density at radius 1 is 1.19 bits per heavy atom. The molecule has 142 valence electrons. The molecule has 1 aromatic carbocycles. The average Bonchev–Trinajstić information content (AvgIpc) is 3.45. The minimum absolute atomic E-state index is 0.131. The van der Waals surface area contributed by atoms with E-state index in [1.807, 2.05) is 12.1 Å². The van der Waals surface area contributed by atoms with Crippen LogP contribution in [0.25, 0.3) is 0 Å². The van der Waals surface area contributed by atoms with Gasteiger partial charge in [0.05, 0.1) is 7.11 Å². The van der Waals surface area contributed by atoms with Crippen LogP contribution in [0, 0.1) is 17.8 Å². The number of hydrogen-bond acceptors (Lipinski definition) is 4. The largest absolute Gasteiger partial charge is 0.496 e. The van der Waals surface area contributed by atoms with Gasteiger partial charge in [-0.2, -0.15) is 0 Å². The van der Waals surface area contributed by atoms with Gasteiger partial charge in [-0.05, 0) is 43.6 Å². The van der Waals surface area contributed by atoms with Crippen molar-refractivity contribution in [3.05, 3.63) is 29.8 Å². The van der Waals surface area contributed by atoms with Crippen LogP contribution in [0.15, 0.2) is 24.3 Å². The van der Waals surface area contributed by atoms with Crippen LogP contribution in [0.4, 0.5) is 0 Å². The maximum Gasteiger partial charge on any atom is 0.223 e. The van der Waals surface area contributed by atoms with Crippen molar-refractivity contribution in [2.45, 2.75) is 38.3 Å². The Balaban J connectivity index is 1.39. The fourth-order valence-electron chi connectivity index (χ4n) is 4.53. The zero-order valence-corrected chi connectivity index (χ0v) is 15.7. The highest BCUT2D eigenvalue weighted by Gasteiger charge is 2.43. The van der Waals surface area contributed by atoms with Crippen LogP contribution in [0.2, 0.25) is 0 Å². The second-order valence-corrected chi connectivity index (χ2v) is 8.01. The first-order valence-electron chi connectivity index (χ1n) is 9.97. The first kappa shape index (κ1) is 17.8. The van der Waals surface area contributed by atoms with Crippen molar-refractivity contribution < 1.29 is 14.3 Å². The molecule has 2 saturated heterocycles. The summed E-state index contributed by atoms with van der Waals surface area (Å²) in [5.41, 5.74) is 1.22. The highest BCUT2D eigenvalue weighted by Crippen LogP contribution is 2.42. The van der Waals surface area contributed by atoms with Crippen LogP contribution >= 0.6 is 0 Å². The Bertz CT molecular complexity index is 625. The second-order valence-electron chi connectivity index (χ2n) is 8.01. The molecule has 0 radical (unpaired) electrons. The molecule has 1 saturated carbocycles. The number of benzene rings is 1. The van der Waals surface area contributed by atoms with E-state index in [0.29, 0.717) is 19.1 Å². The number of para-hydroxylation sites is 1. The molecular formula is C21H30N2O3. The zero-order valence-electron chi connectivity index (χ0n) is 15.7. The predicted octanol–water partition coefficient (Wildman–Crippen LogP) is 2.45. The summed E-state index contributed by atoms with van der Waals surface area (Å²) < 4.78 is 10.9. The third-order valence-electron chi connectivity index (χ3n) is 6.17. The van der Waals surface area contributed by atoms with Gasteiger partial charge in [0.1, 0.15) is 5.75 Å². The molecule has 1 N–H and O–H groups in total. The number of carbonyl (C=O) groups is 1. The minimum atomic E-state index is 0.131. The maximum atomic E-state index is 12.7. The molecule has 3 aliphatic rings. The molecule has 0 bridgehead atoms. The number of nitrogens with zero attached hydrogens (tertiary/aromatic N) is 1. The van der Waals surface area contributed by atoms with Crippen molar-refractivity contribution in [1.82, 2.24) is 10.2 Å². The Morgan fingerprint density at radius 3 is 2.69 bits per heavy atom.